The highest BCUT2D eigenvalue weighted by molar-refractivity contribution is 5.29. The molecular weight excluding hydrogens is 228 g/mol. The summed E-state index contributed by atoms with van der Waals surface area (Å²) in [5.74, 6) is 2.66. The van der Waals surface area contributed by atoms with E-state index in [0.29, 0.717) is 0 Å². The van der Waals surface area contributed by atoms with E-state index in [9.17, 15) is 0 Å². The van der Waals surface area contributed by atoms with Crippen molar-refractivity contribution in [3.8, 4) is 0 Å². The fraction of sp³-hybridized carbons (Fsp3) is 0.684. The van der Waals surface area contributed by atoms with Gasteiger partial charge in [0.05, 0.1) is 0 Å². The summed E-state index contributed by atoms with van der Waals surface area (Å²) < 4.78 is 0. The van der Waals surface area contributed by atoms with Crippen LogP contribution in [0.15, 0.2) is 24.3 Å². The lowest BCUT2D eigenvalue weighted by Gasteiger charge is -2.28. The van der Waals surface area contributed by atoms with Gasteiger partial charge in [0.2, 0.25) is 0 Å². The molecule has 0 atom stereocenters. The van der Waals surface area contributed by atoms with Crippen LogP contribution < -0.4 is 0 Å². The lowest BCUT2D eigenvalue weighted by molar-refractivity contribution is 0.347. The Kier molecular flexibility index (Phi) is 4.25. The van der Waals surface area contributed by atoms with Gasteiger partial charge in [-0.3, -0.25) is 0 Å². The lowest BCUT2D eigenvalue weighted by atomic mass is 9.77. The Bertz CT molecular complexity index is 392. The van der Waals surface area contributed by atoms with E-state index in [2.05, 4.69) is 31.2 Å². The maximum absolute atomic E-state index is 2.55. The Balaban J connectivity index is 1.72. The van der Waals surface area contributed by atoms with Crippen molar-refractivity contribution in [3.63, 3.8) is 0 Å². The predicted octanol–water partition coefficient (Wildman–Crippen LogP) is 6.03. The summed E-state index contributed by atoms with van der Waals surface area (Å²) in [7, 11) is 0. The molecule has 104 valence electrons. The average Bonchev–Trinajstić information content (AvgIpc) is 2.49. The van der Waals surface area contributed by atoms with Crippen LogP contribution in [-0.4, -0.2) is 0 Å². The number of hydrogen-bond donors (Lipinski definition) is 0. The third-order valence-electron chi connectivity index (χ3n) is 5.47. The fourth-order valence-electron chi connectivity index (χ4n) is 4.10. The van der Waals surface area contributed by atoms with Crippen molar-refractivity contribution in [1.29, 1.82) is 0 Å². The standard InChI is InChI=1S/C19H28/c1-15-10-12-17(13-11-15)19-9-5-8-18(14-19)16-6-3-2-4-7-16/h5,8-9,14-17H,2-4,6-7,10-13H2,1H3. The van der Waals surface area contributed by atoms with E-state index >= 15 is 0 Å². The molecule has 0 spiro atoms. The van der Waals surface area contributed by atoms with E-state index in [-0.39, 0.29) is 0 Å². The molecule has 0 nitrogen and oxygen atoms in total. The van der Waals surface area contributed by atoms with Gasteiger partial charge in [-0.2, -0.15) is 0 Å². The summed E-state index contributed by atoms with van der Waals surface area (Å²) in [6, 6.07) is 9.63. The molecule has 0 N–H and O–H groups in total. The monoisotopic (exact) mass is 256 g/mol. The van der Waals surface area contributed by atoms with Crippen LogP contribution in [0.1, 0.15) is 87.7 Å². The minimum atomic E-state index is 0.847. The molecule has 1 aromatic rings. The van der Waals surface area contributed by atoms with Gasteiger partial charge in [0.25, 0.3) is 0 Å². The zero-order valence-corrected chi connectivity index (χ0v) is 12.4. The van der Waals surface area contributed by atoms with E-state index < -0.39 is 0 Å². The minimum Gasteiger partial charge on any atom is -0.0625 e. The Labute approximate surface area is 118 Å². The molecule has 0 heterocycles. The average molecular weight is 256 g/mol. The van der Waals surface area contributed by atoms with Crippen LogP contribution in [0, 0.1) is 5.92 Å². The van der Waals surface area contributed by atoms with E-state index in [1.165, 1.54) is 57.8 Å². The fourth-order valence-corrected chi connectivity index (χ4v) is 4.10. The molecule has 0 saturated heterocycles. The van der Waals surface area contributed by atoms with Gasteiger partial charge in [-0.05, 0) is 54.6 Å². The van der Waals surface area contributed by atoms with Crippen molar-refractivity contribution >= 4 is 0 Å². The van der Waals surface area contributed by atoms with Gasteiger partial charge >= 0.3 is 0 Å². The SMILES string of the molecule is CC1CCC(c2cccc(C3CCCCC3)c2)CC1. The molecular formula is C19H28. The molecule has 2 fully saturated rings. The molecule has 2 saturated carbocycles. The highest BCUT2D eigenvalue weighted by Gasteiger charge is 2.21. The molecule has 0 aliphatic heterocycles. The Hall–Kier alpha value is -0.780. The van der Waals surface area contributed by atoms with Crippen molar-refractivity contribution in [2.75, 3.05) is 0 Å². The first-order valence-corrected chi connectivity index (χ1v) is 8.43. The Morgan fingerprint density at radius 3 is 1.95 bits per heavy atom. The second-order valence-electron chi connectivity index (χ2n) is 6.96. The van der Waals surface area contributed by atoms with Crippen molar-refractivity contribution in [3.05, 3.63) is 35.4 Å². The topological polar surface area (TPSA) is 0 Å². The molecule has 0 amide bonds. The van der Waals surface area contributed by atoms with Crippen LogP contribution in [0.2, 0.25) is 0 Å². The maximum Gasteiger partial charge on any atom is -0.0162 e. The second-order valence-corrected chi connectivity index (χ2v) is 6.96. The molecule has 0 unspecified atom stereocenters. The summed E-state index contributed by atoms with van der Waals surface area (Å²) in [6.45, 7) is 2.41. The van der Waals surface area contributed by atoms with Crippen molar-refractivity contribution < 1.29 is 0 Å². The minimum absolute atomic E-state index is 0.847. The molecule has 0 radical (unpaired) electrons. The normalized spacial score (nSPS) is 29.3. The van der Waals surface area contributed by atoms with Crippen LogP contribution in [0.3, 0.4) is 0 Å². The van der Waals surface area contributed by atoms with Crippen molar-refractivity contribution in [2.24, 2.45) is 5.92 Å². The van der Waals surface area contributed by atoms with E-state index in [0.717, 1.165) is 17.8 Å². The first-order chi connectivity index (χ1) is 9.33. The van der Waals surface area contributed by atoms with Gasteiger partial charge in [-0.25, -0.2) is 0 Å². The maximum atomic E-state index is 2.55. The lowest BCUT2D eigenvalue weighted by Crippen LogP contribution is -2.11. The largest absolute Gasteiger partial charge is 0.0625 e. The third-order valence-corrected chi connectivity index (χ3v) is 5.47. The zero-order valence-electron chi connectivity index (χ0n) is 12.4. The van der Waals surface area contributed by atoms with Crippen molar-refractivity contribution in [2.45, 2.75) is 76.5 Å². The smallest absolute Gasteiger partial charge is 0.0162 e. The van der Waals surface area contributed by atoms with E-state index in [1.54, 1.807) is 11.1 Å². The van der Waals surface area contributed by atoms with Gasteiger partial charge in [0, 0.05) is 0 Å². The number of rotatable bonds is 2. The van der Waals surface area contributed by atoms with Gasteiger partial charge in [0.1, 0.15) is 0 Å². The van der Waals surface area contributed by atoms with Gasteiger partial charge in [0.15, 0.2) is 0 Å². The van der Waals surface area contributed by atoms with E-state index in [4.69, 9.17) is 0 Å². The van der Waals surface area contributed by atoms with Crippen LogP contribution in [0.5, 0.6) is 0 Å². The van der Waals surface area contributed by atoms with Gasteiger partial charge in [-0.15, -0.1) is 0 Å². The van der Waals surface area contributed by atoms with Crippen LogP contribution in [-0.2, 0) is 0 Å². The highest BCUT2D eigenvalue weighted by atomic mass is 14.3. The van der Waals surface area contributed by atoms with Gasteiger partial charge < -0.3 is 0 Å². The van der Waals surface area contributed by atoms with Gasteiger partial charge in [-0.1, -0.05) is 63.3 Å². The Morgan fingerprint density at radius 2 is 1.32 bits per heavy atom. The number of benzene rings is 1. The summed E-state index contributed by atoms with van der Waals surface area (Å²) in [4.78, 5) is 0. The molecule has 0 bridgehead atoms. The molecule has 1 aromatic carbocycles. The second kappa shape index (κ2) is 6.11. The summed E-state index contributed by atoms with van der Waals surface area (Å²) in [5.41, 5.74) is 3.27. The molecule has 0 heteroatoms. The molecule has 2 aliphatic rings. The first-order valence-electron chi connectivity index (χ1n) is 8.43. The summed E-state index contributed by atoms with van der Waals surface area (Å²) in [5, 5.41) is 0. The molecule has 3 rings (SSSR count). The molecule has 2 aliphatic carbocycles. The predicted molar refractivity (Wildman–Crippen MR) is 82.6 cm³/mol. The zero-order chi connectivity index (χ0) is 13.1. The highest BCUT2D eigenvalue weighted by Crippen LogP contribution is 2.38. The van der Waals surface area contributed by atoms with Crippen LogP contribution in [0.4, 0.5) is 0 Å². The third kappa shape index (κ3) is 3.22. The van der Waals surface area contributed by atoms with Crippen LogP contribution in [0.25, 0.3) is 0 Å². The van der Waals surface area contributed by atoms with Crippen LogP contribution >= 0.6 is 0 Å². The molecule has 19 heavy (non-hydrogen) atoms. The van der Waals surface area contributed by atoms with E-state index in [1.807, 2.05) is 0 Å². The first kappa shape index (κ1) is 13.2. The molecule has 0 aromatic heterocycles. The summed E-state index contributed by atoms with van der Waals surface area (Å²) in [6.07, 6.45) is 12.9. The summed E-state index contributed by atoms with van der Waals surface area (Å²) >= 11 is 0. The van der Waals surface area contributed by atoms with Crippen molar-refractivity contribution in [1.82, 2.24) is 0 Å². The Morgan fingerprint density at radius 1 is 0.737 bits per heavy atom. The quantitative estimate of drug-likeness (QED) is 0.606. The number of hydrogen-bond acceptors (Lipinski definition) is 0.